The third-order valence-electron chi connectivity index (χ3n) is 6.31. The number of hydrogen-bond donors (Lipinski definition) is 0. The van der Waals surface area contributed by atoms with Gasteiger partial charge in [-0.15, -0.1) is 0 Å². The normalized spacial score (nSPS) is 27.2. The molecule has 2 heteroatoms. The Morgan fingerprint density at radius 2 is 2.00 bits per heavy atom. The SMILES string of the molecule is CCCC[C@@H]1c2nc(-c3ccccn3)ccc2[C@@H]2C[C@H]1C2(C)C. The van der Waals surface area contributed by atoms with Gasteiger partial charge in [0.05, 0.1) is 11.4 Å². The Morgan fingerprint density at radius 3 is 2.70 bits per heavy atom. The number of nitrogens with zero attached hydrogens (tertiary/aromatic N) is 2. The molecule has 2 aromatic rings. The quantitative estimate of drug-likeness (QED) is 0.739. The Bertz CT molecular complexity index is 705. The first kappa shape index (κ1) is 14.9. The Morgan fingerprint density at radius 1 is 1.13 bits per heavy atom. The van der Waals surface area contributed by atoms with Crippen molar-refractivity contribution < 1.29 is 0 Å². The van der Waals surface area contributed by atoms with Gasteiger partial charge in [0.2, 0.25) is 0 Å². The minimum Gasteiger partial charge on any atom is -0.255 e. The van der Waals surface area contributed by atoms with E-state index < -0.39 is 0 Å². The smallest absolute Gasteiger partial charge is 0.0889 e. The molecule has 2 bridgehead atoms. The molecule has 1 fully saturated rings. The predicted octanol–water partition coefficient (Wildman–Crippen LogP) is 5.56. The van der Waals surface area contributed by atoms with Crippen LogP contribution in [0.1, 0.15) is 69.5 Å². The van der Waals surface area contributed by atoms with Crippen molar-refractivity contribution in [1.82, 2.24) is 9.97 Å². The third-order valence-corrected chi connectivity index (χ3v) is 6.31. The van der Waals surface area contributed by atoms with Gasteiger partial charge in [0.25, 0.3) is 0 Å². The van der Waals surface area contributed by atoms with Gasteiger partial charge in [0.15, 0.2) is 0 Å². The van der Waals surface area contributed by atoms with Crippen LogP contribution >= 0.6 is 0 Å². The molecule has 1 saturated carbocycles. The van der Waals surface area contributed by atoms with E-state index in [0.29, 0.717) is 17.3 Å². The maximum absolute atomic E-state index is 5.10. The van der Waals surface area contributed by atoms with E-state index in [1.165, 1.54) is 36.9 Å². The van der Waals surface area contributed by atoms with Gasteiger partial charge in [-0.1, -0.05) is 45.7 Å². The highest BCUT2D eigenvalue weighted by Crippen LogP contribution is 2.67. The molecular formula is C21H26N2. The zero-order valence-electron chi connectivity index (χ0n) is 14.4. The lowest BCUT2D eigenvalue weighted by molar-refractivity contribution is -0.0102. The summed E-state index contributed by atoms with van der Waals surface area (Å²) in [6, 6.07) is 10.6. The van der Waals surface area contributed by atoms with Gasteiger partial charge >= 0.3 is 0 Å². The Kier molecular flexibility index (Phi) is 3.51. The molecule has 2 nitrogen and oxygen atoms in total. The van der Waals surface area contributed by atoms with Crippen LogP contribution in [-0.2, 0) is 0 Å². The molecule has 2 heterocycles. The van der Waals surface area contributed by atoms with E-state index in [0.717, 1.165) is 17.3 Å². The van der Waals surface area contributed by atoms with Gasteiger partial charge < -0.3 is 0 Å². The maximum atomic E-state index is 5.10. The summed E-state index contributed by atoms with van der Waals surface area (Å²) >= 11 is 0. The van der Waals surface area contributed by atoms with E-state index in [1.54, 1.807) is 0 Å². The van der Waals surface area contributed by atoms with Crippen molar-refractivity contribution in [2.45, 2.75) is 58.3 Å². The van der Waals surface area contributed by atoms with Gasteiger partial charge in [-0.2, -0.15) is 0 Å². The summed E-state index contributed by atoms with van der Waals surface area (Å²) in [6.45, 7) is 7.21. The first-order chi connectivity index (χ1) is 11.1. The fraction of sp³-hybridized carbons (Fsp3) is 0.524. The standard InChI is InChI=1S/C21H26N2/c1-4-5-8-14-16-13-17(21(16,2)3)15-10-11-19(23-20(14)15)18-9-6-7-12-22-18/h6-7,9-12,14,16-17H,4-5,8,13H2,1-3H3/t14-,16+,17-/m0/s1. The molecule has 5 rings (SSSR count). The number of pyridine rings is 2. The van der Waals surface area contributed by atoms with E-state index in [4.69, 9.17) is 4.98 Å². The largest absolute Gasteiger partial charge is 0.255 e. The van der Waals surface area contributed by atoms with Gasteiger partial charge in [0, 0.05) is 17.8 Å². The number of unbranched alkanes of at least 4 members (excludes halogenated alkanes) is 1. The molecule has 0 N–H and O–H groups in total. The summed E-state index contributed by atoms with van der Waals surface area (Å²) < 4.78 is 0. The highest BCUT2D eigenvalue weighted by atomic mass is 14.8. The van der Waals surface area contributed by atoms with E-state index in [2.05, 4.69) is 44.0 Å². The van der Waals surface area contributed by atoms with E-state index in [-0.39, 0.29) is 0 Å². The minimum atomic E-state index is 0.444. The Hall–Kier alpha value is -1.70. The lowest BCUT2D eigenvalue weighted by atomic mass is 9.44. The highest BCUT2D eigenvalue weighted by molar-refractivity contribution is 5.56. The zero-order chi connectivity index (χ0) is 16.0. The number of hydrogen-bond acceptors (Lipinski definition) is 2. The third kappa shape index (κ3) is 2.22. The molecule has 23 heavy (non-hydrogen) atoms. The van der Waals surface area contributed by atoms with Crippen LogP contribution < -0.4 is 0 Å². The molecule has 3 atom stereocenters. The molecule has 120 valence electrons. The van der Waals surface area contributed by atoms with Crippen LogP contribution in [0.4, 0.5) is 0 Å². The summed E-state index contributed by atoms with van der Waals surface area (Å²) in [6.07, 6.45) is 7.06. The number of rotatable bonds is 4. The first-order valence-electron chi connectivity index (χ1n) is 9.05. The fourth-order valence-electron chi connectivity index (χ4n) is 4.86. The minimum absolute atomic E-state index is 0.444. The van der Waals surface area contributed by atoms with Crippen LogP contribution in [0, 0.1) is 11.3 Å². The highest BCUT2D eigenvalue weighted by Gasteiger charge is 2.56. The molecular weight excluding hydrogens is 280 g/mol. The van der Waals surface area contributed by atoms with Crippen LogP contribution in [0.25, 0.3) is 11.4 Å². The summed E-state index contributed by atoms with van der Waals surface area (Å²) in [5.41, 5.74) is 5.35. The summed E-state index contributed by atoms with van der Waals surface area (Å²) in [4.78, 5) is 9.58. The van der Waals surface area contributed by atoms with E-state index in [1.807, 2.05) is 18.3 Å². The van der Waals surface area contributed by atoms with Crippen molar-refractivity contribution in [2.24, 2.45) is 11.3 Å². The van der Waals surface area contributed by atoms with Crippen molar-refractivity contribution in [3.63, 3.8) is 0 Å². The molecule has 2 aromatic heterocycles. The molecule has 3 aliphatic carbocycles. The monoisotopic (exact) mass is 306 g/mol. The van der Waals surface area contributed by atoms with Crippen molar-refractivity contribution in [2.75, 3.05) is 0 Å². The second-order valence-electron chi connectivity index (χ2n) is 7.85. The molecule has 0 amide bonds. The molecule has 3 aliphatic rings. The lowest BCUT2D eigenvalue weighted by Crippen LogP contribution is -2.50. The molecule has 0 saturated heterocycles. The van der Waals surface area contributed by atoms with Crippen LogP contribution in [-0.4, -0.2) is 9.97 Å². The number of aromatic nitrogens is 2. The topological polar surface area (TPSA) is 25.8 Å². The molecule has 0 radical (unpaired) electrons. The predicted molar refractivity (Wildman–Crippen MR) is 94.4 cm³/mol. The van der Waals surface area contributed by atoms with Gasteiger partial charge in [0.1, 0.15) is 0 Å². The maximum Gasteiger partial charge on any atom is 0.0889 e. The summed E-state index contributed by atoms with van der Waals surface area (Å²) in [7, 11) is 0. The van der Waals surface area contributed by atoms with Gasteiger partial charge in [-0.25, -0.2) is 0 Å². The average Bonchev–Trinajstić information content (AvgIpc) is 2.59. The fourth-order valence-corrected chi connectivity index (χ4v) is 4.86. The van der Waals surface area contributed by atoms with E-state index in [9.17, 15) is 0 Å². The van der Waals surface area contributed by atoms with Gasteiger partial charge in [-0.05, 0) is 53.9 Å². The molecule has 0 spiro atoms. The van der Waals surface area contributed by atoms with E-state index >= 15 is 0 Å². The molecule has 0 aliphatic heterocycles. The summed E-state index contributed by atoms with van der Waals surface area (Å²) in [5, 5.41) is 0. The van der Waals surface area contributed by atoms with Crippen LogP contribution in [0.3, 0.4) is 0 Å². The van der Waals surface area contributed by atoms with Crippen molar-refractivity contribution in [3.8, 4) is 11.4 Å². The summed E-state index contributed by atoms with van der Waals surface area (Å²) in [5.74, 6) is 2.14. The average molecular weight is 306 g/mol. The zero-order valence-corrected chi connectivity index (χ0v) is 14.4. The Balaban J connectivity index is 1.77. The molecule has 0 unspecified atom stereocenters. The lowest BCUT2D eigenvalue weighted by Gasteiger charge is -2.60. The Labute approximate surface area is 139 Å². The second-order valence-corrected chi connectivity index (χ2v) is 7.85. The first-order valence-corrected chi connectivity index (χ1v) is 9.05. The van der Waals surface area contributed by atoms with Gasteiger partial charge in [-0.3, -0.25) is 9.97 Å². The van der Waals surface area contributed by atoms with Crippen LogP contribution in [0.5, 0.6) is 0 Å². The molecule has 0 aromatic carbocycles. The van der Waals surface area contributed by atoms with Crippen LogP contribution in [0.2, 0.25) is 0 Å². The van der Waals surface area contributed by atoms with Crippen molar-refractivity contribution in [3.05, 3.63) is 47.8 Å². The second kappa shape index (κ2) is 5.43. The van der Waals surface area contributed by atoms with Crippen molar-refractivity contribution >= 4 is 0 Å². The van der Waals surface area contributed by atoms with Crippen LogP contribution in [0.15, 0.2) is 36.5 Å². The van der Waals surface area contributed by atoms with Crippen molar-refractivity contribution in [1.29, 1.82) is 0 Å².